The van der Waals surface area contributed by atoms with Gasteiger partial charge in [0.05, 0.1) is 11.1 Å². The average Bonchev–Trinajstić information content (AvgIpc) is 2.81. The van der Waals surface area contributed by atoms with Crippen LogP contribution >= 0.6 is 0 Å². The molecule has 3 aromatic rings. The Bertz CT molecular complexity index is 1250. The zero-order valence-corrected chi connectivity index (χ0v) is 21.2. The number of nitrogens with zero attached hydrogens (tertiary/aromatic N) is 3. The molecule has 5 rings (SSSR count). The molecule has 6 nitrogen and oxygen atoms in total. The minimum absolute atomic E-state index is 0.0597. The van der Waals surface area contributed by atoms with Crippen LogP contribution in [-0.2, 0) is 4.79 Å². The predicted octanol–water partition coefficient (Wildman–Crippen LogP) is 5.61. The van der Waals surface area contributed by atoms with E-state index in [9.17, 15) is 9.90 Å². The summed E-state index contributed by atoms with van der Waals surface area (Å²) in [6.45, 7) is 8.95. The summed E-state index contributed by atoms with van der Waals surface area (Å²) in [5.74, 6) is 2.61. The van der Waals surface area contributed by atoms with Gasteiger partial charge in [0.1, 0.15) is 17.6 Å². The lowest BCUT2D eigenvalue weighted by Gasteiger charge is -2.46. The molecule has 0 spiro atoms. The van der Waals surface area contributed by atoms with Crippen molar-refractivity contribution < 1.29 is 9.90 Å². The van der Waals surface area contributed by atoms with E-state index in [2.05, 4.69) is 28.4 Å². The molecule has 1 unspecified atom stereocenters. The molecule has 1 aliphatic heterocycles. The minimum atomic E-state index is -0.308. The lowest BCUT2D eigenvalue weighted by Crippen LogP contribution is -2.58. The number of carbonyl (C=O) groups is 1. The van der Waals surface area contributed by atoms with Crippen LogP contribution in [0.3, 0.4) is 0 Å². The van der Waals surface area contributed by atoms with Gasteiger partial charge >= 0.3 is 0 Å². The Labute approximate surface area is 207 Å². The van der Waals surface area contributed by atoms with Gasteiger partial charge in [-0.05, 0) is 82.2 Å². The van der Waals surface area contributed by atoms with E-state index in [0.717, 1.165) is 35.2 Å². The molecule has 2 aromatic carbocycles. The van der Waals surface area contributed by atoms with Gasteiger partial charge in [-0.2, -0.15) is 0 Å². The highest BCUT2D eigenvalue weighted by Gasteiger charge is 2.41. The summed E-state index contributed by atoms with van der Waals surface area (Å²) in [4.78, 5) is 25.7. The Kier molecular flexibility index (Phi) is 6.16. The molecule has 1 aliphatic carbocycles. The fourth-order valence-electron chi connectivity index (χ4n) is 5.79. The van der Waals surface area contributed by atoms with E-state index < -0.39 is 0 Å². The van der Waals surface area contributed by atoms with Crippen LogP contribution in [0.5, 0.6) is 5.75 Å². The van der Waals surface area contributed by atoms with Crippen LogP contribution in [0.15, 0.2) is 42.5 Å². The van der Waals surface area contributed by atoms with E-state index in [-0.39, 0.29) is 23.2 Å². The smallest absolute Gasteiger partial charge is 0.243 e. The summed E-state index contributed by atoms with van der Waals surface area (Å²) in [7, 11) is 0. The number of benzene rings is 2. The Morgan fingerprint density at radius 3 is 2.54 bits per heavy atom. The van der Waals surface area contributed by atoms with Crippen molar-refractivity contribution in [3.05, 3.63) is 48.0 Å². The second-order valence-corrected chi connectivity index (χ2v) is 11.4. The molecule has 3 atom stereocenters. The van der Waals surface area contributed by atoms with Crippen molar-refractivity contribution in [1.29, 1.82) is 0 Å². The average molecular weight is 473 g/mol. The number of phenols is 1. The topological polar surface area (TPSA) is 78.4 Å². The zero-order chi connectivity index (χ0) is 24.7. The summed E-state index contributed by atoms with van der Waals surface area (Å²) in [5.41, 5.74) is 2.23. The van der Waals surface area contributed by atoms with Gasteiger partial charge in [0.15, 0.2) is 5.82 Å². The van der Waals surface area contributed by atoms with Crippen LogP contribution in [0.1, 0.15) is 58.4 Å². The summed E-state index contributed by atoms with van der Waals surface area (Å²) in [6, 6.07) is 13.1. The van der Waals surface area contributed by atoms with Crippen molar-refractivity contribution in [2.75, 3.05) is 11.4 Å². The first-order chi connectivity index (χ1) is 16.7. The quantitative estimate of drug-likeness (QED) is 0.518. The third kappa shape index (κ3) is 4.84. The van der Waals surface area contributed by atoms with Crippen LogP contribution in [0.4, 0.5) is 5.82 Å². The van der Waals surface area contributed by atoms with Gasteiger partial charge in [0, 0.05) is 17.5 Å². The van der Waals surface area contributed by atoms with E-state index in [4.69, 9.17) is 9.97 Å². The molecule has 0 radical (unpaired) electrons. The van der Waals surface area contributed by atoms with Crippen LogP contribution in [0.2, 0.25) is 0 Å². The minimum Gasteiger partial charge on any atom is -0.507 e. The monoisotopic (exact) mass is 472 g/mol. The van der Waals surface area contributed by atoms with Crippen LogP contribution in [-0.4, -0.2) is 39.1 Å². The van der Waals surface area contributed by atoms with Gasteiger partial charge in [-0.15, -0.1) is 0 Å². The van der Waals surface area contributed by atoms with E-state index in [1.54, 1.807) is 12.1 Å². The summed E-state index contributed by atoms with van der Waals surface area (Å²) in [6.07, 6.45) is 5.74. The highest BCUT2D eigenvalue weighted by molar-refractivity contribution is 5.95. The molecule has 1 saturated carbocycles. The molecular weight excluding hydrogens is 436 g/mol. The van der Waals surface area contributed by atoms with E-state index in [0.29, 0.717) is 23.2 Å². The van der Waals surface area contributed by atoms with Gasteiger partial charge in [0.2, 0.25) is 5.91 Å². The first-order valence-corrected chi connectivity index (χ1v) is 12.8. The number of hydrogen-bond acceptors (Lipinski definition) is 5. The van der Waals surface area contributed by atoms with Gasteiger partial charge < -0.3 is 15.3 Å². The first kappa shape index (κ1) is 23.6. The van der Waals surface area contributed by atoms with Crippen molar-refractivity contribution in [1.82, 2.24) is 15.3 Å². The van der Waals surface area contributed by atoms with Crippen molar-refractivity contribution in [2.45, 2.75) is 71.4 Å². The third-order valence-electron chi connectivity index (χ3n) is 7.45. The second kappa shape index (κ2) is 9.14. The molecule has 6 heteroatoms. The zero-order valence-electron chi connectivity index (χ0n) is 21.2. The number of aromatic nitrogens is 2. The number of aryl methyl sites for hydroxylation is 1. The number of amides is 1. The molecule has 2 aliphatic rings. The molecular formula is C29H36N4O2. The molecule has 1 amide bonds. The first-order valence-electron chi connectivity index (χ1n) is 12.8. The molecule has 2 heterocycles. The normalized spacial score (nSPS) is 22.6. The molecule has 2 fully saturated rings. The number of nitrogens with one attached hydrogen (secondary N) is 1. The Hall–Kier alpha value is -3.15. The second-order valence-electron chi connectivity index (χ2n) is 11.4. The number of phenolic OH excluding ortho intramolecular Hbond substituents is 1. The number of aromatic hydroxyl groups is 1. The highest BCUT2D eigenvalue weighted by atomic mass is 16.3. The maximum atomic E-state index is 13.6. The fourth-order valence-corrected chi connectivity index (χ4v) is 5.79. The maximum Gasteiger partial charge on any atom is 0.243 e. The van der Waals surface area contributed by atoms with E-state index in [1.165, 1.54) is 25.7 Å². The summed E-state index contributed by atoms with van der Waals surface area (Å²) >= 11 is 0. The number of carbonyl (C=O) groups excluding carboxylic acids is 1. The third-order valence-corrected chi connectivity index (χ3v) is 7.45. The Balaban J connectivity index is 1.66. The van der Waals surface area contributed by atoms with Crippen molar-refractivity contribution >= 4 is 22.6 Å². The van der Waals surface area contributed by atoms with E-state index >= 15 is 0 Å². The number of anilines is 1. The van der Waals surface area contributed by atoms with E-state index in [1.807, 2.05) is 39.8 Å². The molecule has 35 heavy (non-hydrogen) atoms. The van der Waals surface area contributed by atoms with Gasteiger partial charge in [-0.25, -0.2) is 9.97 Å². The largest absolute Gasteiger partial charge is 0.507 e. The van der Waals surface area contributed by atoms with Gasteiger partial charge in [-0.1, -0.05) is 37.5 Å². The molecule has 1 saturated heterocycles. The Morgan fingerprint density at radius 2 is 1.80 bits per heavy atom. The summed E-state index contributed by atoms with van der Waals surface area (Å²) < 4.78 is 0. The Morgan fingerprint density at radius 1 is 1.06 bits per heavy atom. The lowest BCUT2D eigenvalue weighted by atomic mass is 9.72. The van der Waals surface area contributed by atoms with Crippen molar-refractivity contribution in [2.24, 2.45) is 11.8 Å². The van der Waals surface area contributed by atoms with Gasteiger partial charge in [0.25, 0.3) is 0 Å². The summed E-state index contributed by atoms with van der Waals surface area (Å²) in [5, 5.41) is 14.7. The number of fused-ring (bicyclic) bond motifs is 2. The molecule has 2 N–H and O–H groups in total. The fraction of sp³-hybridized carbons (Fsp3) is 0.483. The highest BCUT2D eigenvalue weighted by Crippen LogP contribution is 2.42. The number of hydrogen-bond donors (Lipinski definition) is 2. The number of para-hydroxylation sites is 1. The van der Waals surface area contributed by atoms with Crippen LogP contribution in [0, 0.1) is 18.8 Å². The standard InChI is InChI=1S/C29H36N4O2/c1-18-13-14-21-23(15-18)30-26(22-11-7-8-12-25(22)34)31-27(21)33-17-20-10-6-5-9-19(20)16-24(33)28(35)32-29(2,3)4/h7-8,11-15,19-20,24,34H,5-6,9-10,16-17H2,1-4H3,(H,32,35)/t19-,20?,24-/m0/s1. The predicted molar refractivity (Wildman–Crippen MR) is 140 cm³/mol. The molecule has 1 aromatic heterocycles. The van der Waals surface area contributed by atoms with Crippen molar-refractivity contribution in [3.8, 4) is 17.1 Å². The van der Waals surface area contributed by atoms with Crippen LogP contribution < -0.4 is 10.2 Å². The number of rotatable bonds is 3. The van der Waals surface area contributed by atoms with Crippen LogP contribution in [0.25, 0.3) is 22.3 Å². The van der Waals surface area contributed by atoms with Gasteiger partial charge in [-0.3, -0.25) is 4.79 Å². The SMILES string of the molecule is Cc1ccc2c(N3CC4CCCC[C@H]4C[C@H]3C(=O)NC(C)(C)C)nc(-c3ccccc3O)nc2c1. The van der Waals surface area contributed by atoms with Crippen molar-refractivity contribution in [3.63, 3.8) is 0 Å². The molecule has 184 valence electrons. The maximum absolute atomic E-state index is 13.6. The lowest BCUT2D eigenvalue weighted by molar-refractivity contribution is -0.125. The molecule has 0 bridgehead atoms. The number of piperidine rings is 1.